The number of hydrogen-bond donors (Lipinski definition) is 3. The molecule has 0 atom stereocenters. The molecule has 0 aliphatic heterocycles. The maximum Gasteiger partial charge on any atom is 0.331 e. The molecule has 0 fully saturated rings. The molecule has 0 saturated heterocycles. The van der Waals surface area contributed by atoms with Gasteiger partial charge in [-0.05, 0) is 13.0 Å². The van der Waals surface area contributed by atoms with Crippen LogP contribution in [0.5, 0.6) is 0 Å². The van der Waals surface area contributed by atoms with Gasteiger partial charge < -0.3 is 15.3 Å². The summed E-state index contributed by atoms with van der Waals surface area (Å²) in [5, 5.41) is 24.5. The minimum Gasteiger partial charge on any atom is -0.478 e. The topological polar surface area (TPSA) is 77.8 Å². The lowest BCUT2D eigenvalue weighted by atomic mass is 10.3. The molecular formula is C5H8O4. The van der Waals surface area contributed by atoms with E-state index in [-0.39, 0.29) is 5.57 Å². The second-order valence-electron chi connectivity index (χ2n) is 1.57. The van der Waals surface area contributed by atoms with Crippen LogP contribution in [0, 0.1) is 0 Å². The van der Waals surface area contributed by atoms with Crippen molar-refractivity contribution in [1.29, 1.82) is 0 Å². The summed E-state index contributed by atoms with van der Waals surface area (Å²) in [6, 6.07) is 0. The second kappa shape index (κ2) is 3.21. The maximum absolute atomic E-state index is 9.94. The number of carboxylic acid groups (broad SMARTS) is 1. The summed E-state index contributed by atoms with van der Waals surface area (Å²) in [4.78, 5) is 9.94. The Hall–Kier alpha value is -0.870. The molecule has 0 rings (SSSR count). The zero-order valence-electron chi connectivity index (χ0n) is 4.90. The quantitative estimate of drug-likeness (QED) is 0.344. The molecular weight excluding hydrogens is 124 g/mol. The first-order valence-electron chi connectivity index (χ1n) is 2.32. The summed E-state index contributed by atoms with van der Waals surface area (Å²) in [7, 11) is 0. The number of carboxylic acids is 1. The van der Waals surface area contributed by atoms with E-state index in [0.29, 0.717) is 0 Å². The summed E-state index contributed by atoms with van der Waals surface area (Å²) in [5.41, 5.74) is -0.0787. The van der Waals surface area contributed by atoms with E-state index in [0.717, 1.165) is 6.08 Å². The molecule has 0 aromatic rings. The average Bonchev–Trinajstić information content (AvgIpc) is 1.63. The van der Waals surface area contributed by atoms with Gasteiger partial charge >= 0.3 is 5.97 Å². The molecule has 0 unspecified atom stereocenters. The Morgan fingerprint density at radius 1 is 1.56 bits per heavy atom. The molecule has 0 radical (unpaired) electrons. The Bertz CT molecular complexity index is 136. The van der Waals surface area contributed by atoms with Crippen LogP contribution in [-0.2, 0) is 4.79 Å². The third-order valence-electron chi connectivity index (χ3n) is 0.736. The normalized spacial score (nSPS) is 12.2. The largest absolute Gasteiger partial charge is 0.478 e. The van der Waals surface area contributed by atoms with Crippen molar-refractivity contribution in [3.63, 3.8) is 0 Å². The zero-order valence-corrected chi connectivity index (χ0v) is 4.90. The number of rotatable bonds is 2. The monoisotopic (exact) mass is 132 g/mol. The smallest absolute Gasteiger partial charge is 0.331 e. The van der Waals surface area contributed by atoms with Gasteiger partial charge in [-0.3, -0.25) is 0 Å². The van der Waals surface area contributed by atoms with Crippen molar-refractivity contribution in [2.45, 2.75) is 13.2 Å². The first kappa shape index (κ1) is 8.13. The predicted octanol–water partition coefficient (Wildman–Crippen LogP) is -0.672. The van der Waals surface area contributed by atoms with Crippen molar-refractivity contribution in [3.05, 3.63) is 11.6 Å². The Morgan fingerprint density at radius 2 is 2.00 bits per heavy atom. The minimum absolute atomic E-state index is 0.0787. The lowest BCUT2D eigenvalue weighted by Crippen LogP contribution is -2.04. The van der Waals surface area contributed by atoms with Gasteiger partial charge in [-0.1, -0.05) is 0 Å². The lowest BCUT2D eigenvalue weighted by molar-refractivity contribution is -0.132. The van der Waals surface area contributed by atoms with E-state index < -0.39 is 12.3 Å². The Kier molecular flexibility index (Phi) is 2.90. The van der Waals surface area contributed by atoms with Crippen LogP contribution in [-0.4, -0.2) is 27.6 Å². The molecule has 4 heteroatoms. The van der Waals surface area contributed by atoms with E-state index in [4.69, 9.17) is 15.3 Å². The summed E-state index contributed by atoms with van der Waals surface area (Å²) >= 11 is 0. The lowest BCUT2D eigenvalue weighted by Gasteiger charge is -1.94. The van der Waals surface area contributed by atoms with Gasteiger partial charge in [0.25, 0.3) is 0 Å². The predicted molar refractivity (Wildman–Crippen MR) is 29.6 cm³/mol. The molecule has 4 nitrogen and oxygen atoms in total. The highest BCUT2D eigenvalue weighted by atomic mass is 16.5. The van der Waals surface area contributed by atoms with Crippen molar-refractivity contribution in [1.82, 2.24) is 0 Å². The van der Waals surface area contributed by atoms with E-state index in [9.17, 15) is 4.79 Å². The highest BCUT2D eigenvalue weighted by Gasteiger charge is 2.00. The van der Waals surface area contributed by atoms with Crippen molar-refractivity contribution < 1.29 is 20.1 Å². The van der Waals surface area contributed by atoms with E-state index >= 15 is 0 Å². The summed E-state index contributed by atoms with van der Waals surface area (Å²) in [6.07, 6.45) is -0.844. The summed E-state index contributed by atoms with van der Waals surface area (Å²) < 4.78 is 0. The standard InChI is InChI=1S/C5H8O4/c1-3(5(8)9)2-4(6)7/h2,4,6-7H,1H3,(H,8,9)/b3-2+. The van der Waals surface area contributed by atoms with Gasteiger partial charge in [-0.15, -0.1) is 0 Å². The van der Waals surface area contributed by atoms with Gasteiger partial charge in [-0.2, -0.15) is 0 Å². The molecule has 3 N–H and O–H groups in total. The fraction of sp³-hybridized carbons (Fsp3) is 0.400. The van der Waals surface area contributed by atoms with Crippen molar-refractivity contribution in [2.75, 3.05) is 0 Å². The van der Waals surface area contributed by atoms with Crippen molar-refractivity contribution >= 4 is 5.97 Å². The number of carbonyl (C=O) groups is 1. The second-order valence-corrected chi connectivity index (χ2v) is 1.57. The van der Waals surface area contributed by atoms with E-state index in [2.05, 4.69) is 0 Å². The van der Waals surface area contributed by atoms with Crippen LogP contribution in [0.2, 0.25) is 0 Å². The number of aliphatic hydroxyl groups excluding tert-OH is 1. The minimum atomic E-state index is -1.68. The van der Waals surface area contributed by atoms with Crippen molar-refractivity contribution in [3.8, 4) is 0 Å². The highest BCUT2D eigenvalue weighted by molar-refractivity contribution is 5.85. The molecule has 0 aromatic carbocycles. The van der Waals surface area contributed by atoms with E-state index in [1.54, 1.807) is 0 Å². The van der Waals surface area contributed by atoms with Crippen LogP contribution in [0.1, 0.15) is 6.92 Å². The van der Waals surface area contributed by atoms with E-state index in [1.807, 2.05) is 0 Å². The summed E-state index contributed by atoms with van der Waals surface area (Å²) in [6.45, 7) is 1.28. The SMILES string of the molecule is C/C(=C\C(O)O)C(=O)O. The fourth-order valence-electron chi connectivity index (χ4n) is 0.295. The van der Waals surface area contributed by atoms with Gasteiger partial charge in [0.1, 0.15) is 0 Å². The Labute approximate surface area is 52.1 Å². The number of aliphatic hydroxyl groups is 2. The van der Waals surface area contributed by atoms with Crippen LogP contribution >= 0.6 is 0 Å². The third-order valence-corrected chi connectivity index (χ3v) is 0.736. The third kappa shape index (κ3) is 3.69. The molecule has 9 heavy (non-hydrogen) atoms. The summed E-state index contributed by atoms with van der Waals surface area (Å²) in [5.74, 6) is -1.15. The van der Waals surface area contributed by atoms with Crippen LogP contribution < -0.4 is 0 Å². The molecule has 0 aromatic heterocycles. The first-order chi connectivity index (χ1) is 4.04. The maximum atomic E-state index is 9.94. The number of aliphatic carboxylic acids is 1. The van der Waals surface area contributed by atoms with Crippen LogP contribution in [0.3, 0.4) is 0 Å². The Morgan fingerprint density at radius 3 is 2.11 bits per heavy atom. The average molecular weight is 132 g/mol. The molecule has 0 bridgehead atoms. The number of hydrogen-bond acceptors (Lipinski definition) is 3. The van der Waals surface area contributed by atoms with Crippen molar-refractivity contribution in [2.24, 2.45) is 0 Å². The molecule has 0 saturated carbocycles. The van der Waals surface area contributed by atoms with Crippen LogP contribution in [0.4, 0.5) is 0 Å². The van der Waals surface area contributed by atoms with Gasteiger partial charge in [0.05, 0.1) is 0 Å². The molecule has 0 heterocycles. The molecule has 0 amide bonds. The van der Waals surface area contributed by atoms with Gasteiger partial charge in [0.2, 0.25) is 0 Å². The van der Waals surface area contributed by atoms with Gasteiger partial charge in [0.15, 0.2) is 6.29 Å². The van der Waals surface area contributed by atoms with E-state index in [1.165, 1.54) is 6.92 Å². The van der Waals surface area contributed by atoms with Gasteiger partial charge in [-0.25, -0.2) is 4.79 Å². The van der Waals surface area contributed by atoms with Crippen LogP contribution in [0.15, 0.2) is 11.6 Å². The molecule has 0 aliphatic rings. The zero-order chi connectivity index (χ0) is 7.44. The fourth-order valence-corrected chi connectivity index (χ4v) is 0.295. The Balaban J connectivity index is 4.00. The first-order valence-corrected chi connectivity index (χ1v) is 2.32. The molecule has 0 spiro atoms. The van der Waals surface area contributed by atoms with Crippen LogP contribution in [0.25, 0.3) is 0 Å². The highest BCUT2D eigenvalue weighted by Crippen LogP contribution is 1.92. The molecule has 0 aliphatic carbocycles. The van der Waals surface area contributed by atoms with Gasteiger partial charge in [0, 0.05) is 5.57 Å². The molecule has 52 valence electrons.